The second-order valence-corrected chi connectivity index (χ2v) is 6.95. The lowest BCUT2D eigenvalue weighted by Crippen LogP contribution is -2.31. The van der Waals surface area contributed by atoms with E-state index < -0.39 is 5.97 Å². The first kappa shape index (κ1) is 20.5. The van der Waals surface area contributed by atoms with E-state index in [2.05, 4.69) is 6.07 Å². The monoisotopic (exact) mass is 369 g/mol. The van der Waals surface area contributed by atoms with Crippen molar-refractivity contribution in [1.29, 1.82) is 0 Å². The number of carbonyl (C=O) groups excluding carboxylic acids is 2. The van der Waals surface area contributed by atoms with Gasteiger partial charge in [0.25, 0.3) is 5.91 Å². The summed E-state index contributed by atoms with van der Waals surface area (Å²) >= 11 is 0. The predicted molar refractivity (Wildman–Crippen MR) is 105 cm³/mol. The molecule has 0 aliphatic carbocycles. The number of aryl methyl sites for hydroxylation is 2. The minimum absolute atomic E-state index is 0.0631. The van der Waals surface area contributed by atoms with E-state index in [0.29, 0.717) is 17.9 Å². The lowest BCUT2D eigenvalue weighted by atomic mass is 10.1. The van der Waals surface area contributed by atoms with Crippen LogP contribution >= 0.6 is 0 Å². The average Bonchev–Trinajstić information content (AvgIpc) is 2.61. The SMILES string of the molecule is Cc1ccc(CN(C)C(=O)COC(=O)c2ccc(OC(C)C)cc2)c(C)c1. The van der Waals surface area contributed by atoms with Crippen molar-refractivity contribution in [2.24, 2.45) is 0 Å². The zero-order valence-electron chi connectivity index (χ0n) is 16.6. The number of hydrogen-bond donors (Lipinski definition) is 0. The van der Waals surface area contributed by atoms with Crippen molar-refractivity contribution < 1.29 is 19.1 Å². The second-order valence-electron chi connectivity index (χ2n) is 6.95. The van der Waals surface area contributed by atoms with Crippen molar-refractivity contribution in [3.05, 3.63) is 64.7 Å². The van der Waals surface area contributed by atoms with Crippen molar-refractivity contribution in [1.82, 2.24) is 4.90 Å². The van der Waals surface area contributed by atoms with Crippen molar-refractivity contribution in [3.63, 3.8) is 0 Å². The smallest absolute Gasteiger partial charge is 0.338 e. The van der Waals surface area contributed by atoms with Gasteiger partial charge in [0.05, 0.1) is 11.7 Å². The van der Waals surface area contributed by atoms with Crippen LogP contribution in [-0.4, -0.2) is 36.5 Å². The van der Waals surface area contributed by atoms with Gasteiger partial charge in [0.15, 0.2) is 6.61 Å². The van der Waals surface area contributed by atoms with Crippen molar-refractivity contribution >= 4 is 11.9 Å². The summed E-state index contributed by atoms with van der Waals surface area (Å²) < 4.78 is 10.7. The maximum absolute atomic E-state index is 12.3. The molecule has 0 saturated carbocycles. The number of amides is 1. The molecule has 0 N–H and O–H groups in total. The first-order chi connectivity index (χ1) is 12.8. The van der Waals surface area contributed by atoms with Crippen LogP contribution in [0, 0.1) is 13.8 Å². The molecule has 0 atom stereocenters. The second kappa shape index (κ2) is 9.21. The predicted octanol–water partition coefficient (Wildman–Crippen LogP) is 3.91. The van der Waals surface area contributed by atoms with Crippen LogP contribution in [0.2, 0.25) is 0 Å². The zero-order valence-corrected chi connectivity index (χ0v) is 16.6. The molecule has 0 spiro atoms. The third kappa shape index (κ3) is 6.13. The summed E-state index contributed by atoms with van der Waals surface area (Å²) in [5.41, 5.74) is 3.78. The highest BCUT2D eigenvalue weighted by Gasteiger charge is 2.15. The molecule has 27 heavy (non-hydrogen) atoms. The van der Waals surface area contributed by atoms with E-state index in [-0.39, 0.29) is 18.6 Å². The van der Waals surface area contributed by atoms with Gasteiger partial charge in [-0.1, -0.05) is 23.8 Å². The molecule has 0 bridgehead atoms. The molecule has 0 unspecified atom stereocenters. The minimum Gasteiger partial charge on any atom is -0.491 e. The van der Waals surface area contributed by atoms with E-state index in [0.717, 1.165) is 11.1 Å². The van der Waals surface area contributed by atoms with Crippen molar-refractivity contribution in [3.8, 4) is 5.75 Å². The molecule has 5 nitrogen and oxygen atoms in total. The minimum atomic E-state index is -0.528. The first-order valence-corrected chi connectivity index (χ1v) is 9.00. The van der Waals surface area contributed by atoms with Gasteiger partial charge in [-0.05, 0) is 63.1 Å². The van der Waals surface area contributed by atoms with Crippen LogP contribution in [0.4, 0.5) is 0 Å². The summed E-state index contributed by atoms with van der Waals surface area (Å²) in [4.78, 5) is 25.9. The van der Waals surface area contributed by atoms with Crippen molar-refractivity contribution in [2.45, 2.75) is 40.3 Å². The van der Waals surface area contributed by atoms with Crippen LogP contribution in [0.1, 0.15) is 40.9 Å². The highest BCUT2D eigenvalue weighted by molar-refractivity contribution is 5.91. The molecular formula is C22H27NO4. The Morgan fingerprint density at radius 3 is 2.30 bits per heavy atom. The topological polar surface area (TPSA) is 55.8 Å². The molecular weight excluding hydrogens is 342 g/mol. The molecule has 5 heteroatoms. The summed E-state index contributed by atoms with van der Waals surface area (Å²) in [5.74, 6) is -0.0896. The molecule has 0 heterocycles. The highest BCUT2D eigenvalue weighted by atomic mass is 16.5. The fourth-order valence-electron chi connectivity index (χ4n) is 2.63. The Hall–Kier alpha value is -2.82. The van der Waals surface area contributed by atoms with Gasteiger partial charge in [0, 0.05) is 13.6 Å². The van der Waals surface area contributed by atoms with Crippen LogP contribution in [-0.2, 0) is 16.1 Å². The zero-order chi connectivity index (χ0) is 20.0. The standard InChI is InChI=1S/C22H27NO4/c1-15(2)27-20-10-8-18(9-11-20)22(25)26-14-21(24)23(5)13-19-7-6-16(3)12-17(19)4/h6-12,15H,13-14H2,1-5H3. The Labute approximate surface area is 160 Å². The van der Waals surface area contributed by atoms with Gasteiger partial charge in [0.2, 0.25) is 0 Å². The van der Waals surface area contributed by atoms with E-state index in [1.807, 2.05) is 39.8 Å². The maximum Gasteiger partial charge on any atom is 0.338 e. The summed E-state index contributed by atoms with van der Waals surface area (Å²) in [7, 11) is 1.70. The molecule has 2 aromatic carbocycles. The van der Waals surface area contributed by atoms with Crippen LogP contribution in [0.25, 0.3) is 0 Å². The molecule has 0 fully saturated rings. The van der Waals surface area contributed by atoms with Gasteiger partial charge < -0.3 is 14.4 Å². The third-order valence-corrected chi connectivity index (χ3v) is 4.12. The quantitative estimate of drug-likeness (QED) is 0.695. The normalized spacial score (nSPS) is 10.6. The molecule has 0 aromatic heterocycles. The fraction of sp³-hybridized carbons (Fsp3) is 0.364. The largest absolute Gasteiger partial charge is 0.491 e. The van der Waals surface area contributed by atoms with Gasteiger partial charge in [-0.3, -0.25) is 4.79 Å². The Morgan fingerprint density at radius 2 is 1.70 bits per heavy atom. The average molecular weight is 369 g/mol. The number of rotatable bonds is 7. The number of hydrogen-bond acceptors (Lipinski definition) is 4. The molecule has 0 saturated heterocycles. The summed E-state index contributed by atoms with van der Waals surface area (Å²) in [6.45, 7) is 8.11. The van der Waals surface area contributed by atoms with E-state index >= 15 is 0 Å². The maximum atomic E-state index is 12.3. The number of likely N-dealkylation sites (N-methyl/N-ethyl adjacent to an activating group) is 1. The van der Waals surface area contributed by atoms with E-state index in [4.69, 9.17) is 9.47 Å². The van der Waals surface area contributed by atoms with Gasteiger partial charge in [-0.25, -0.2) is 4.79 Å². The Kier molecular flexibility index (Phi) is 6.99. The number of esters is 1. The first-order valence-electron chi connectivity index (χ1n) is 9.00. The molecule has 0 aliphatic heterocycles. The molecule has 144 valence electrons. The van der Waals surface area contributed by atoms with Crippen LogP contribution in [0.3, 0.4) is 0 Å². The Balaban J connectivity index is 1.87. The van der Waals surface area contributed by atoms with E-state index in [1.165, 1.54) is 5.56 Å². The lowest BCUT2D eigenvalue weighted by Gasteiger charge is -2.18. The Morgan fingerprint density at radius 1 is 1.04 bits per heavy atom. The number of nitrogens with zero attached hydrogens (tertiary/aromatic N) is 1. The van der Waals surface area contributed by atoms with E-state index in [9.17, 15) is 9.59 Å². The van der Waals surface area contributed by atoms with Crippen molar-refractivity contribution in [2.75, 3.05) is 13.7 Å². The van der Waals surface area contributed by atoms with Crippen LogP contribution in [0.5, 0.6) is 5.75 Å². The van der Waals surface area contributed by atoms with E-state index in [1.54, 1.807) is 36.2 Å². The summed E-state index contributed by atoms with van der Waals surface area (Å²) in [5, 5.41) is 0. The molecule has 0 radical (unpaired) electrons. The number of ether oxygens (including phenoxy) is 2. The molecule has 2 aromatic rings. The number of benzene rings is 2. The fourth-order valence-corrected chi connectivity index (χ4v) is 2.63. The van der Waals surface area contributed by atoms with Gasteiger partial charge in [-0.2, -0.15) is 0 Å². The molecule has 1 amide bonds. The lowest BCUT2D eigenvalue weighted by molar-refractivity contribution is -0.133. The van der Waals surface area contributed by atoms with Crippen LogP contribution in [0.15, 0.2) is 42.5 Å². The summed E-state index contributed by atoms with van der Waals surface area (Å²) in [6, 6.07) is 12.8. The van der Waals surface area contributed by atoms with Gasteiger partial charge >= 0.3 is 5.97 Å². The molecule has 0 aliphatic rings. The van der Waals surface area contributed by atoms with Crippen LogP contribution < -0.4 is 4.74 Å². The summed E-state index contributed by atoms with van der Waals surface area (Å²) in [6.07, 6.45) is 0.0631. The third-order valence-electron chi connectivity index (χ3n) is 4.12. The number of carbonyl (C=O) groups is 2. The van der Waals surface area contributed by atoms with Gasteiger partial charge in [0.1, 0.15) is 5.75 Å². The Bertz CT molecular complexity index is 796. The molecule has 2 rings (SSSR count). The van der Waals surface area contributed by atoms with Gasteiger partial charge in [-0.15, -0.1) is 0 Å². The highest BCUT2D eigenvalue weighted by Crippen LogP contribution is 2.15.